The molecule has 27 heavy (non-hydrogen) atoms. The van der Waals surface area contributed by atoms with Crippen LogP contribution in [0.3, 0.4) is 0 Å². The molecule has 0 unspecified atom stereocenters. The smallest absolute Gasteiger partial charge is 0.257 e. The van der Waals surface area contributed by atoms with Crippen molar-refractivity contribution in [2.45, 2.75) is 51.0 Å². The van der Waals surface area contributed by atoms with Gasteiger partial charge in [-0.05, 0) is 44.2 Å². The van der Waals surface area contributed by atoms with E-state index in [1.54, 1.807) is 32.4 Å². The third-order valence-electron chi connectivity index (χ3n) is 5.74. The van der Waals surface area contributed by atoms with E-state index in [0.717, 1.165) is 51.5 Å². The number of nitrogens with zero attached hydrogens (tertiary/aromatic N) is 1. The minimum Gasteiger partial charge on any atom is -0.497 e. The second-order valence-electron chi connectivity index (χ2n) is 7.37. The molecule has 1 aromatic rings. The lowest BCUT2D eigenvalue weighted by Gasteiger charge is -2.40. The summed E-state index contributed by atoms with van der Waals surface area (Å²) in [4.78, 5) is 28.1. The minimum atomic E-state index is -0.120. The summed E-state index contributed by atoms with van der Waals surface area (Å²) >= 11 is 0. The quantitative estimate of drug-likeness (QED) is 0.883. The lowest BCUT2D eigenvalue weighted by atomic mass is 9.82. The van der Waals surface area contributed by atoms with E-state index >= 15 is 0 Å². The van der Waals surface area contributed by atoms with Gasteiger partial charge < -0.3 is 19.7 Å². The lowest BCUT2D eigenvalue weighted by Crippen LogP contribution is -2.51. The predicted octanol–water partition coefficient (Wildman–Crippen LogP) is 3.00. The largest absolute Gasteiger partial charge is 0.497 e. The summed E-state index contributed by atoms with van der Waals surface area (Å²) in [6.45, 7) is 1.42. The van der Waals surface area contributed by atoms with Crippen molar-refractivity contribution in [3.05, 3.63) is 23.8 Å². The molecule has 2 aliphatic rings. The van der Waals surface area contributed by atoms with Gasteiger partial charge in [-0.2, -0.15) is 0 Å². The van der Waals surface area contributed by atoms with E-state index in [-0.39, 0.29) is 23.8 Å². The van der Waals surface area contributed by atoms with E-state index in [9.17, 15) is 9.59 Å². The summed E-state index contributed by atoms with van der Waals surface area (Å²) in [5.74, 6) is 1.08. The fourth-order valence-electron chi connectivity index (χ4n) is 4.26. The second kappa shape index (κ2) is 9.11. The van der Waals surface area contributed by atoms with Crippen molar-refractivity contribution in [1.29, 1.82) is 0 Å². The molecule has 1 aliphatic carbocycles. The van der Waals surface area contributed by atoms with Gasteiger partial charge in [0, 0.05) is 25.2 Å². The Kier molecular flexibility index (Phi) is 6.58. The van der Waals surface area contributed by atoms with Crippen molar-refractivity contribution in [3.63, 3.8) is 0 Å². The Morgan fingerprint density at radius 1 is 1.07 bits per heavy atom. The molecule has 1 heterocycles. The summed E-state index contributed by atoms with van der Waals surface area (Å²) in [6.07, 6.45) is 6.73. The molecule has 0 radical (unpaired) electrons. The molecule has 6 nitrogen and oxygen atoms in total. The summed E-state index contributed by atoms with van der Waals surface area (Å²) in [5.41, 5.74) is 0.528. The monoisotopic (exact) mass is 374 g/mol. The van der Waals surface area contributed by atoms with Gasteiger partial charge in [0.1, 0.15) is 11.5 Å². The molecule has 148 valence electrons. The van der Waals surface area contributed by atoms with Gasteiger partial charge >= 0.3 is 0 Å². The highest BCUT2D eigenvalue weighted by atomic mass is 16.5. The zero-order valence-electron chi connectivity index (χ0n) is 16.3. The van der Waals surface area contributed by atoms with Crippen LogP contribution in [0.15, 0.2) is 18.2 Å². The molecule has 1 saturated heterocycles. The molecule has 0 aromatic heterocycles. The number of rotatable bonds is 3. The van der Waals surface area contributed by atoms with Crippen LogP contribution in [0.2, 0.25) is 0 Å². The Morgan fingerprint density at radius 3 is 2.67 bits per heavy atom. The summed E-state index contributed by atoms with van der Waals surface area (Å²) in [6, 6.07) is 5.23. The highest BCUT2D eigenvalue weighted by Crippen LogP contribution is 2.33. The number of fused-ring (bicyclic) bond motifs is 1. The molecular formula is C21H30N2O4. The highest BCUT2D eigenvalue weighted by molar-refractivity contribution is 5.97. The van der Waals surface area contributed by atoms with Crippen molar-refractivity contribution in [3.8, 4) is 11.5 Å². The maximum absolute atomic E-state index is 13.5. The molecule has 6 heteroatoms. The van der Waals surface area contributed by atoms with E-state index in [1.165, 1.54) is 0 Å². The molecule has 0 bridgehead atoms. The first kappa shape index (κ1) is 19.5. The number of carbonyl (C=O) groups excluding carboxylic acids is 2. The number of carbonyl (C=O) groups is 2. The van der Waals surface area contributed by atoms with E-state index in [4.69, 9.17) is 9.47 Å². The Hall–Kier alpha value is -2.24. The number of hydrogen-bond acceptors (Lipinski definition) is 4. The molecule has 3 rings (SSSR count). The van der Waals surface area contributed by atoms with Gasteiger partial charge in [0.2, 0.25) is 5.91 Å². The average Bonchev–Trinajstić information content (AvgIpc) is 2.72. The number of ether oxygens (including phenoxy) is 2. The number of amides is 2. The van der Waals surface area contributed by atoms with Crippen LogP contribution >= 0.6 is 0 Å². The molecule has 1 N–H and O–H groups in total. The number of nitrogens with one attached hydrogen (secondary N) is 1. The van der Waals surface area contributed by atoms with Crippen molar-refractivity contribution < 1.29 is 19.1 Å². The zero-order valence-corrected chi connectivity index (χ0v) is 16.3. The SMILES string of the molecule is COc1ccc(C(=O)N2CCCCCNC(=O)[C@@H]3CCCC[C@@H]32)c(OC)c1. The van der Waals surface area contributed by atoms with E-state index in [0.29, 0.717) is 23.6 Å². The van der Waals surface area contributed by atoms with Crippen LogP contribution in [-0.2, 0) is 4.79 Å². The summed E-state index contributed by atoms with van der Waals surface area (Å²) < 4.78 is 10.7. The standard InChI is InChI=1S/C21H30N2O4/c1-26-15-10-11-17(19(14-15)27-2)21(25)23-13-7-3-6-12-22-20(24)16-8-4-5-9-18(16)23/h10-11,14,16,18H,3-9,12-13H2,1-2H3,(H,22,24)/t16-,18+/m1/s1. The van der Waals surface area contributed by atoms with Crippen LogP contribution in [0, 0.1) is 5.92 Å². The molecule has 1 aromatic carbocycles. The first-order valence-electron chi connectivity index (χ1n) is 9.96. The highest BCUT2D eigenvalue weighted by Gasteiger charge is 2.38. The van der Waals surface area contributed by atoms with E-state index < -0.39 is 0 Å². The van der Waals surface area contributed by atoms with Crippen LogP contribution in [0.4, 0.5) is 0 Å². The van der Waals surface area contributed by atoms with Crippen molar-refractivity contribution in [1.82, 2.24) is 10.2 Å². The third kappa shape index (κ3) is 4.37. The Morgan fingerprint density at radius 2 is 1.89 bits per heavy atom. The van der Waals surface area contributed by atoms with Crippen molar-refractivity contribution in [2.24, 2.45) is 5.92 Å². The van der Waals surface area contributed by atoms with E-state index in [2.05, 4.69) is 5.32 Å². The molecule has 2 fully saturated rings. The van der Waals surface area contributed by atoms with Gasteiger partial charge in [0.05, 0.1) is 25.7 Å². The fourth-order valence-corrected chi connectivity index (χ4v) is 4.26. The molecule has 0 spiro atoms. The Labute approximate surface area is 161 Å². The predicted molar refractivity (Wildman–Crippen MR) is 103 cm³/mol. The van der Waals surface area contributed by atoms with Gasteiger partial charge in [-0.3, -0.25) is 9.59 Å². The van der Waals surface area contributed by atoms with Crippen molar-refractivity contribution >= 4 is 11.8 Å². The third-order valence-corrected chi connectivity index (χ3v) is 5.74. The summed E-state index contributed by atoms with van der Waals surface area (Å²) in [5, 5.41) is 3.07. The minimum absolute atomic E-state index is 0.0452. The number of benzene rings is 1. The van der Waals surface area contributed by atoms with Gasteiger partial charge in [0.15, 0.2) is 0 Å². The Balaban J connectivity index is 1.92. The van der Waals surface area contributed by atoms with Crippen LogP contribution in [0.1, 0.15) is 55.3 Å². The summed E-state index contributed by atoms with van der Waals surface area (Å²) in [7, 11) is 3.15. The number of hydrogen-bond donors (Lipinski definition) is 1. The molecule has 1 saturated carbocycles. The van der Waals surface area contributed by atoms with Gasteiger partial charge in [0.25, 0.3) is 5.91 Å². The van der Waals surface area contributed by atoms with E-state index in [1.807, 2.05) is 4.90 Å². The Bertz CT molecular complexity index is 676. The van der Waals surface area contributed by atoms with Gasteiger partial charge in [-0.15, -0.1) is 0 Å². The lowest BCUT2D eigenvalue weighted by molar-refractivity contribution is -0.128. The molecule has 1 aliphatic heterocycles. The first-order valence-corrected chi connectivity index (χ1v) is 9.96. The van der Waals surface area contributed by atoms with Crippen LogP contribution in [0.25, 0.3) is 0 Å². The van der Waals surface area contributed by atoms with Gasteiger partial charge in [-0.1, -0.05) is 12.8 Å². The maximum Gasteiger partial charge on any atom is 0.257 e. The molecule has 2 amide bonds. The van der Waals surface area contributed by atoms with Crippen LogP contribution in [0.5, 0.6) is 11.5 Å². The van der Waals surface area contributed by atoms with Gasteiger partial charge in [-0.25, -0.2) is 0 Å². The fraction of sp³-hybridized carbons (Fsp3) is 0.619. The normalized spacial score (nSPS) is 23.8. The van der Waals surface area contributed by atoms with Crippen LogP contribution in [-0.4, -0.2) is 50.1 Å². The first-order chi connectivity index (χ1) is 13.2. The molecule has 2 atom stereocenters. The molecular weight excluding hydrogens is 344 g/mol. The number of methoxy groups -OCH3 is 2. The topological polar surface area (TPSA) is 67.9 Å². The van der Waals surface area contributed by atoms with Crippen LogP contribution < -0.4 is 14.8 Å². The second-order valence-corrected chi connectivity index (χ2v) is 7.37. The average molecular weight is 374 g/mol. The van der Waals surface area contributed by atoms with Crippen molar-refractivity contribution in [2.75, 3.05) is 27.3 Å². The maximum atomic E-state index is 13.5. The zero-order chi connectivity index (χ0) is 19.2.